The molecule has 3 nitrogen and oxygen atoms in total. The second-order valence-electron chi connectivity index (χ2n) is 3.84. The van der Waals surface area contributed by atoms with Crippen LogP contribution in [0.25, 0.3) is 11.0 Å². The fourth-order valence-corrected chi connectivity index (χ4v) is 2.09. The van der Waals surface area contributed by atoms with Gasteiger partial charge in [0.05, 0.1) is 17.6 Å². The molecule has 15 heavy (non-hydrogen) atoms. The van der Waals surface area contributed by atoms with Crippen molar-refractivity contribution in [3.05, 3.63) is 29.8 Å². The molecular weight excluding hydrogens is 193 g/mol. The zero-order valence-corrected chi connectivity index (χ0v) is 8.33. The summed E-state index contributed by atoms with van der Waals surface area (Å²) in [6, 6.07) is 4.77. The molecule has 0 radical (unpaired) electrons. The molecule has 0 atom stereocenters. The zero-order valence-electron chi connectivity index (χ0n) is 8.33. The third-order valence-corrected chi connectivity index (χ3v) is 2.81. The third kappa shape index (κ3) is 1.41. The van der Waals surface area contributed by atoms with E-state index >= 15 is 0 Å². The van der Waals surface area contributed by atoms with Gasteiger partial charge in [-0.05, 0) is 31.2 Å². The van der Waals surface area contributed by atoms with Crippen molar-refractivity contribution < 1.29 is 4.39 Å². The van der Waals surface area contributed by atoms with Crippen LogP contribution in [0.4, 0.5) is 4.39 Å². The summed E-state index contributed by atoms with van der Waals surface area (Å²) < 4.78 is 15.2. The van der Waals surface area contributed by atoms with Crippen LogP contribution in [0, 0.1) is 5.82 Å². The average Bonchev–Trinajstić information content (AvgIpc) is 2.44. The summed E-state index contributed by atoms with van der Waals surface area (Å²) >= 11 is 0. The lowest BCUT2D eigenvalue weighted by Gasteiger charge is -2.02. The molecule has 0 bridgehead atoms. The van der Waals surface area contributed by atoms with E-state index in [0.29, 0.717) is 0 Å². The fourth-order valence-electron chi connectivity index (χ4n) is 2.09. The topological polar surface area (TPSA) is 29.9 Å². The van der Waals surface area contributed by atoms with Crippen LogP contribution in [-0.4, -0.2) is 16.1 Å². The fraction of sp³-hybridized carbons (Fsp3) is 0.364. The lowest BCUT2D eigenvalue weighted by molar-refractivity contribution is 0.625. The van der Waals surface area contributed by atoms with Gasteiger partial charge < -0.3 is 9.88 Å². The average molecular weight is 205 g/mol. The molecule has 4 heteroatoms. The van der Waals surface area contributed by atoms with E-state index in [0.717, 1.165) is 42.9 Å². The minimum Gasteiger partial charge on any atom is -0.327 e. The predicted octanol–water partition coefficient (Wildman–Crippen LogP) is 1.67. The van der Waals surface area contributed by atoms with Gasteiger partial charge in [0.2, 0.25) is 0 Å². The highest BCUT2D eigenvalue weighted by atomic mass is 19.1. The van der Waals surface area contributed by atoms with E-state index in [9.17, 15) is 4.39 Å². The summed E-state index contributed by atoms with van der Waals surface area (Å²) in [5, 5.41) is 3.30. The van der Waals surface area contributed by atoms with E-state index in [1.54, 1.807) is 12.1 Å². The summed E-state index contributed by atoms with van der Waals surface area (Å²) in [5.74, 6) is 0.815. The van der Waals surface area contributed by atoms with Gasteiger partial charge >= 0.3 is 0 Å². The van der Waals surface area contributed by atoms with Crippen LogP contribution in [0.2, 0.25) is 0 Å². The van der Waals surface area contributed by atoms with E-state index in [2.05, 4.69) is 14.9 Å². The van der Waals surface area contributed by atoms with Gasteiger partial charge in [-0.15, -0.1) is 0 Å². The summed E-state index contributed by atoms with van der Waals surface area (Å²) in [6.07, 6.45) is 1.06. The highest BCUT2D eigenvalue weighted by molar-refractivity contribution is 5.76. The normalized spacial score (nSPS) is 16.3. The number of hydrogen-bond acceptors (Lipinski definition) is 2. The van der Waals surface area contributed by atoms with Crippen LogP contribution in [0.3, 0.4) is 0 Å². The Morgan fingerprint density at radius 1 is 1.40 bits per heavy atom. The van der Waals surface area contributed by atoms with Crippen molar-refractivity contribution >= 4 is 11.0 Å². The molecule has 0 saturated carbocycles. The molecule has 0 spiro atoms. The Labute approximate surface area is 86.9 Å². The van der Waals surface area contributed by atoms with E-state index < -0.39 is 0 Å². The molecule has 78 valence electrons. The van der Waals surface area contributed by atoms with Crippen molar-refractivity contribution in [1.29, 1.82) is 0 Å². The van der Waals surface area contributed by atoms with Gasteiger partial charge in [-0.1, -0.05) is 0 Å². The molecule has 1 aliphatic rings. The Hall–Kier alpha value is -1.42. The second-order valence-corrected chi connectivity index (χ2v) is 3.84. The number of aromatic nitrogens is 2. The predicted molar refractivity (Wildman–Crippen MR) is 56.0 cm³/mol. The number of benzene rings is 1. The molecule has 2 heterocycles. The smallest absolute Gasteiger partial charge is 0.125 e. The molecule has 0 amide bonds. The summed E-state index contributed by atoms with van der Waals surface area (Å²) in [6.45, 7) is 2.69. The van der Waals surface area contributed by atoms with Crippen molar-refractivity contribution in [3.63, 3.8) is 0 Å². The Morgan fingerprint density at radius 3 is 3.27 bits per heavy atom. The first-order valence-corrected chi connectivity index (χ1v) is 5.20. The Balaban J connectivity index is 2.24. The van der Waals surface area contributed by atoms with E-state index in [1.807, 2.05) is 0 Å². The quantitative estimate of drug-likeness (QED) is 0.709. The Kier molecular flexibility index (Phi) is 1.95. The maximum absolute atomic E-state index is 13.1. The van der Waals surface area contributed by atoms with Crippen LogP contribution in [-0.2, 0) is 13.1 Å². The van der Waals surface area contributed by atoms with Gasteiger partial charge in [0.25, 0.3) is 0 Å². The number of halogens is 1. The maximum atomic E-state index is 13.1. The van der Waals surface area contributed by atoms with Gasteiger partial charge in [-0.2, -0.15) is 0 Å². The SMILES string of the molecule is Fc1ccc2nc3n(c2c1)CCCNC3. The third-order valence-electron chi connectivity index (χ3n) is 2.81. The number of rotatable bonds is 0. The molecule has 1 aromatic carbocycles. The summed E-state index contributed by atoms with van der Waals surface area (Å²) in [5.41, 5.74) is 1.80. The number of nitrogens with one attached hydrogen (secondary N) is 1. The van der Waals surface area contributed by atoms with Gasteiger partial charge in [0.15, 0.2) is 0 Å². The lowest BCUT2D eigenvalue weighted by Crippen LogP contribution is -2.12. The van der Waals surface area contributed by atoms with Gasteiger partial charge in [0, 0.05) is 6.54 Å². The van der Waals surface area contributed by atoms with Crippen LogP contribution >= 0.6 is 0 Å². The van der Waals surface area contributed by atoms with Crippen LogP contribution in [0.5, 0.6) is 0 Å². The van der Waals surface area contributed by atoms with Crippen molar-refractivity contribution in [2.45, 2.75) is 19.5 Å². The standard InChI is InChI=1S/C11H12FN3/c12-8-2-3-9-10(6-8)15-5-1-4-13-7-11(15)14-9/h2-3,6,13H,1,4-5,7H2. The zero-order chi connectivity index (χ0) is 10.3. The number of fused-ring (bicyclic) bond motifs is 3. The lowest BCUT2D eigenvalue weighted by atomic mass is 10.3. The second kappa shape index (κ2) is 3.31. The molecule has 0 unspecified atom stereocenters. The Bertz CT molecular complexity index is 504. The highest BCUT2D eigenvalue weighted by Crippen LogP contribution is 2.19. The van der Waals surface area contributed by atoms with Crippen molar-refractivity contribution in [1.82, 2.24) is 14.9 Å². The van der Waals surface area contributed by atoms with Gasteiger partial charge in [-0.25, -0.2) is 9.37 Å². The molecule has 3 rings (SSSR count). The van der Waals surface area contributed by atoms with Gasteiger partial charge in [0.1, 0.15) is 11.6 Å². The van der Waals surface area contributed by atoms with Gasteiger partial charge in [-0.3, -0.25) is 0 Å². The van der Waals surface area contributed by atoms with Crippen molar-refractivity contribution in [3.8, 4) is 0 Å². The first-order valence-electron chi connectivity index (χ1n) is 5.20. The molecule has 0 aliphatic carbocycles. The number of hydrogen-bond donors (Lipinski definition) is 1. The molecular formula is C11H12FN3. The van der Waals surface area contributed by atoms with Crippen molar-refractivity contribution in [2.75, 3.05) is 6.54 Å². The monoisotopic (exact) mass is 205 g/mol. The summed E-state index contributed by atoms with van der Waals surface area (Å²) in [4.78, 5) is 4.49. The molecule has 0 fully saturated rings. The van der Waals surface area contributed by atoms with E-state index in [-0.39, 0.29) is 5.82 Å². The molecule has 2 aromatic rings. The van der Waals surface area contributed by atoms with E-state index in [4.69, 9.17) is 0 Å². The highest BCUT2D eigenvalue weighted by Gasteiger charge is 2.12. The molecule has 1 aromatic heterocycles. The number of nitrogens with zero attached hydrogens (tertiary/aromatic N) is 2. The Morgan fingerprint density at radius 2 is 2.33 bits per heavy atom. The van der Waals surface area contributed by atoms with Crippen LogP contribution in [0.15, 0.2) is 18.2 Å². The van der Waals surface area contributed by atoms with Crippen LogP contribution in [0.1, 0.15) is 12.2 Å². The molecule has 1 N–H and O–H groups in total. The number of imidazole rings is 1. The summed E-state index contributed by atoms with van der Waals surface area (Å²) in [7, 11) is 0. The molecule has 1 aliphatic heterocycles. The maximum Gasteiger partial charge on any atom is 0.125 e. The molecule has 0 saturated heterocycles. The minimum absolute atomic E-state index is 0.192. The first kappa shape index (κ1) is 8.85. The largest absolute Gasteiger partial charge is 0.327 e. The minimum atomic E-state index is -0.192. The van der Waals surface area contributed by atoms with Crippen molar-refractivity contribution in [2.24, 2.45) is 0 Å². The van der Waals surface area contributed by atoms with Crippen LogP contribution < -0.4 is 5.32 Å². The number of aryl methyl sites for hydroxylation is 1. The first-order chi connectivity index (χ1) is 7.34. The van der Waals surface area contributed by atoms with E-state index in [1.165, 1.54) is 6.07 Å².